The standard InChI is InChI=1S/C20H17ClF3N3O4/c1-26(9-17(28)25-12-6-7-14(21)13(8-12)20(22,23)24)18(29)10-27-15-4-2-3-5-16(15)31-11-19(27)30/h2-8H,9-11H2,1H3,(H,25,28). The molecule has 0 atom stereocenters. The minimum atomic E-state index is -4.68. The first kappa shape index (κ1) is 22.4. The molecule has 2 aromatic carbocycles. The van der Waals surface area contributed by atoms with Gasteiger partial charge >= 0.3 is 6.18 Å². The van der Waals surface area contributed by atoms with Gasteiger partial charge in [-0.3, -0.25) is 19.3 Å². The zero-order valence-electron chi connectivity index (χ0n) is 16.2. The molecule has 7 nitrogen and oxygen atoms in total. The number of ether oxygens (including phenoxy) is 1. The average Bonchev–Trinajstić information content (AvgIpc) is 2.70. The summed E-state index contributed by atoms with van der Waals surface area (Å²) >= 11 is 5.56. The van der Waals surface area contributed by atoms with Gasteiger partial charge in [0, 0.05) is 12.7 Å². The molecule has 0 spiro atoms. The zero-order chi connectivity index (χ0) is 22.8. The number of likely N-dealkylation sites (N-methyl/N-ethyl adjacent to an activating group) is 1. The molecule has 164 valence electrons. The van der Waals surface area contributed by atoms with Gasteiger partial charge in [-0.15, -0.1) is 0 Å². The Kier molecular flexibility index (Phi) is 6.40. The van der Waals surface area contributed by atoms with Crippen LogP contribution in [0, 0.1) is 0 Å². The van der Waals surface area contributed by atoms with Crippen LogP contribution in [-0.4, -0.2) is 49.4 Å². The second-order valence-electron chi connectivity index (χ2n) is 6.73. The van der Waals surface area contributed by atoms with E-state index in [1.165, 1.54) is 18.0 Å². The van der Waals surface area contributed by atoms with Crippen molar-refractivity contribution >= 4 is 40.7 Å². The third-order valence-electron chi connectivity index (χ3n) is 4.46. The maximum Gasteiger partial charge on any atom is 0.417 e. The lowest BCUT2D eigenvalue weighted by Crippen LogP contribution is -2.46. The summed E-state index contributed by atoms with van der Waals surface area (Å²) in [4.78, 5) is 39.2. The molecule has 3 rings (SSSR count). The van der Waals surface area contributed by atoms with Gasteiger partial charge in [0.25, 0.3) is 5.91 Å². The smallest absolute Gasteiger partial charge is 0.417 e. The lowest BCUT2D eigenvalue weighted by molar-refractivity contribution is -0.137. The van der Waals surface area contributed by atoms with Crippen LogP contribution in [-0.2, 0) is 20.6 Å². The quantitative estimate of drug-likeness (QED) is 0.751. The molecule has 0 aliphatic carbocycles. The second kappa shape index (κ2) is 8.84. The number of alkyl halides is 3. The number of carbonyl (C=O) groups is 3. The number of hydrogen-bond donors (Lipinski definition) is 1. The van der Waals surface area contributed by atoms with Crippen LogP contribution in [0.3, 0.4) is 0 Å². The normalized spacial score (nSPS) is 13.3. The molecule has 0 unspecified atom stereocenters. The van der Waals surface area contributed by atoms with Gasteiger partial charge in [-0.05, 0) is 30.3 Å². The van der Waals surface area contributed by atoms with Crippen LogP contribution in [0.5, 0.6) is 5.75 Å². The Labute approximate surface area is 180 Å². The number of anilines is 2. The highest BCUT2D eigenvalue weighted by Gasteiger charge is 2.33. The lowest BCUT2D eigenvalue weighted by atomic mass is 10.2. The molecule has 1 N–H and O–H groups in total. The number of carbonyl (C=O) groups excluding carboxylic acids is 3. The van der Waals surface area contributed by atoms with Crippen molar-refractivity contribution in [3.05, 3.63) is 53.1 Å². The van der Waals surface area contributed by atoms with Gasteiger partial charge in [0.1, 0.15) is 12.3 Å². The molecule has 11 heteroatoms. The number of hydrogen-bond acceptors (Lipinski definition) is 4. The Morgan fingerprint density at radius 3 is 2.65 bits per heavy atom. The predicted molar refractivity (Wildman–Crippen MR) is 107 cm³/mol. The minimum absolute atomic E-state index is 0.111. The Hall–Kier alpha value is -3.27. The number of nitrogens with one attached hydrogen (secondary N) is 1. The number of halogens is 4. The molecule has 2 aromatic rings. The summed E-state index contributed by atoms with van der Waals surface area (Å²) in [6, 6.07) is 9.67. The number of fused-ring (bicyclic) bond motifs is 1. The van der Waals surface area contributed by atoms with E-state index in [0.29, 0.717) is 17.5 Å². The van der Waals surface area contributed by atoms with Crippen LogP contribution in [0.1, 0.15) is 5.56 Å². The highest BCUT2D eigenvalue weighted by molar-refractivity contribution is 6.31. The van der Waals surface area contributed by atoms with Crippen molar-refractivity contribution in [3.63, 3.8) is 0 Å². The topological polar surface area (TPSA) is 79.0 Å². The van der Waals surface area contributed by atoms with Crippen molar-refractivity contribution in [2.24, 2.45) is 0 Å². The van der Waals surface area contributed by atoms with Crippen LogP contribution in [0.2, 0.25) is 5.02 Å². The Morgan fingerprint density at radius 1 is 1.23 bits per heavy atom. The molecule has 0 saturated heterocycles. The number of benzene rings is 2. The summed E-state index contributed by atoms with van der Waals surface area (Å²) in [5, 5.41) is 1.81. The van der Waals surface area contributed by atoms with Crippen molar-refractivity contribution in [2.45, 2.75) is 6.18 Å². The Morgan fingerprint density at radius 2 is 1.94 bits per heavy atom. The average molecular weight is 456 g/mol. The molecule has 0 fully saturated rings. The summed E-state index contributed by atoms with van der Waals surface area (Å²) in [5.41, 5.74) is -0.758. The van der Waals surface area contributed by atoms with Crippen LogP contribution in [0.4, 0.5) is 24.5 Å². The first-order valence-electron chi connectivity index (χ1n) is 8.99. The zero-order valence-corrected chi connectivity index (χ0v) is 17.0. The fraction of sp³-hybridized carbons (Fsp3) is 0.250. The molecule has 0 radical (unpaired) electrons. The highest BCUT2D eigenvalue weighted by Crippen LogP contribution is 2.36. The van der Waals surface area contributed by atoms with E-state index in [4.69, 9.17) is 16.3 Å². The third-order valence-corrected chi connectivity index (χ3v) is 4.79. The van der Waals surface area contributed by atoms with Gasteiger partial charge < -0.3 is 15.0 Å². The number of para-hydroxylation sites is 2. The van der Waals surface area contributed by atoms with Crippen LogP contribution < -0.4 is 15.0 Å². The maximum absolute atomic E-state index is 13.0. The molecule has 0 bridgehead atoms. The van der Waals surface area contributed by atoms with Crippen molar-refractivity contribution in [1.29, 1.82) is 0 Å². The Bertz CT molecular complexity index is 1030. The highest BCUT2D eigenvalue weighted by atomic mass is 35.5. The van der Waals surface area contributed by atoms with Gasteiger partial charge in [-0.1, -0.05) is 23.7 Å². The first-order chi connectivity index (χ1) is 14.6. The van der Waals surface area contributed by atoms with E-state index < -0.39 is 41.0 Å². The lowest BCUT2D eigenvalue weighted by Gasteiger charge is -2.30. The number of rotatable bonds is 5. The minimum Gasteiger partial charge on any atom is -0.482 e. The molecular weight excluding hydrogens is 439 g/mol. The molecule has 1 aliphatic heterocycles. The van der Waals surface area contributed by atoms with E-state index >= 15 is 0 Å². The summed E-state index contributed by atoms with van der Waals surface area (Å²) < 4.78 is 44.2. The predicted octanol–water partition coefficient (Wildman–Crippen LogP) is 3.18. The van der Waals surface area contributed by atoms with Crippen LogP contribution in [0.15, 0.2) is 42.5 Å². The van der Waals surface area contributed by atoms with Crippen molar-refractivity contribution in [1.82, 2.24) is 4.90 Å². The fourth-order valence-electron chi connectivity index (χ4n) is 2.91. The number of amides is 3. The number of nitrogens with zero attached hydrogens (tertiary/aromatic N) is 2. The summed E-state index contributed by atoms with van der Waals surface area (Å²) in [5.74, 6) is -1.20. The summed E-state index contributed by atoms with van der Waals surface area (Å²) in [6.07, 6.45) is -4.68. The fourth-order valence-corrected chi connectivity index (χ4v) is 3.13. The van der Waals surface area contributed by atoms with E-state index in [-0.39, 0.29) is 18.8 Å². The summed E-state index contributed by atoms with van der Waals surface area (Å²) in [7, 11) is 1.35. The molecule has 0 aromatic heterocycles. The molecule has 31 heavy (non-hydrogen) atoms. The van der Waals surface area contributed by atoms with Crippen molar-refractivity contribution in [2.75, 3.05) is 37.0 Å². The molecule has 0 saturated carbocycles. The maximum atomic E-state index is 13.0. The van der Waals surface area contributed by atoms with Gasteiger partial charge in [-0.25, -0.2) is 0 Å². The van der Waals surface area contributed by atoms with E-state index in [0.717, 1.165) is 11.0 Å². The van der Waals surface area contributed by atoms with Crippen LogP contribution in [0.25, 0.3) is 0 Å². The summed E-state index contributed by atoms with van der Waals surface area (Å²) in [6.45, 7) is -0.961. The van der Waals surface area contributed by atoms with Crippen molar-refractivity contribution in [3.8, 4) is 5.75 Å². The monoisotopic (exact) mass is 455 g/mol. The largest absolute Gasteiger partial charge is 0.482 e. The second-order valence-corrected chi connectivity index (χ2v) is 7.13. The van der Waals surface area contributed by atoms with E-state index in [1.54, 1.807) is 24.3 Å². The van der Waals surface area contributed by atoms with Gasteiger partial charge in [0.05, 0.1) is 22.8 Å². The third kappa shape index (κ3) is 5.26. The molecule has 3 amide bonds. The first-order valence-corrected chi connectivity index (χ1v) is 9.37. The van der Waals surface area contributed by atoms with E-state index in [1.807, 2.05) is 0 Å². The Balaban J connectivity index is 1.63. The van der Waals surface area contributed by atoms with Gasteiger partial charge in [0.15, 0.2) is 6.61 Å². The van der Waals surface area contributed by atoms with Gasteiger partial charge in [-0.2, -0.15) is 13.2 Å². The van der Waals surface area contributed by atoms with Crippen molar-refractivity contribution < 1.29 is 32.3 Å². The molecule has 1 heterocycles. The SMILES string of the molecule is CN(CC(=O)Nc1ccc(Cl)c(C(F)(F)F)c1)C(=O)CN1C(=O)COc2ccccc21. The van der Waals surface area contributed by atoms with E-state index in [9.17, 15) is 27.6 Å². The van der Waals surface area contributed by atoms with E-state index in [2.05, 4.69) is 5.32 Å². The molecular formula is C20H17ClF3N3O4. The van der Waals surface area contributed by atoms with Gasteiger partial charge in [0.2, 0.25) is 11.8 Å². The van der Waals surface area contributed by atoms with Crippen LogP contribution >= 0.6 is 11.6 Å². The molecule has 1 aliphatic rings.